The third-order valence-corrected chi connectivity index (χ3v) is 4.08. The van der Waals surface area contributed by atoms with Crippen molar-refractivity contribution in [3.05, 3.63) is 11.4 Å². The number of ether oxygens (including phenoxy) is 1. The molecule has 1 aliphatic heterocycles. The highest BCUT2D eigenvalue weighted by Crippen LogP contribution is 2.14. The topological polar surface area (TPSA) is 52.0 Å². The molecule has 1 unspecified atom stereocenters. The molecule has 0 radical (unpaired) electrons. The van der Waals surface area contributed by atoms with Gasteiger partial charge in [0, 0.05) is 19.0 Å². The van der Waals surface area contributed by atoms with Crippen LogP contribution in [0.2, 0.25) is 0 Å². The van der Waals surface area contributed by atoms with Gasteiger partial charge in [-0.2, -0.15) is 0 Å². The average Bonchev–Trinajstić information content (AvgIpc) is 2.65. The molecule has 19 heavy (non-hydrogen) atoms. The molecule has 2 heterocycles. The second-order valence-corrected chi connectivity index (χ2v) is 5.53. The van der Waals surface area contributed by atoms with Crippen molar-refractivity contribution in [3.8, 4) is 0 Å². The summed E-state index contributed by atoms with van der Waals surface area (Å²) in [6, 6.07) is 0. The lowest BCUT2D eigenvalue weighted by atomic mass is 10.0. The van der Waals surface area contributed by atoms with Crippen molar-refractivity contribution in [1.82, 2.24) is 20.3 Å². The van der Waals surface area contributed by atoms with E-state index in [-0.39, 0.29) is 0 Å². The van der Waals surface area contributed by atoms with Crippen LogP contribution >= 0.6 is 0 Å². The number of aryl methyl sites for hydroxylation is 1. The molecular formula is C14H26N4O. The molecule has 2 rings (SSSR count). The lowest BCUT2D eigenvalue weighted by Crippen LogP contribution is -2.31. The van der Waals surface area contributed by atoms with Gasteiger partial charge in [0.15, 0.2) is 0 Å². The van der Waals surface area contributed by atoms with Crippen LogP contribution in [0.25, 0.3) is 0 Å². The van der Waals surface area contributed by atoms with Crippen LogP contribution in [0.3, 0.4) is 0 Å². The number of rotatable bonds is 6. The van der Waals surface area contributed by atoms with Crippen molar-refractivity contribution in [2.24, 2.45) is 11.8 Å². The van der Waals surface area contributed by atoms with E-state index in [1.54, 1.807) is 0 Å². The predicted molar refractivity (Wildman–Crippen MR) is 74.8 cm³/mol. The van der Waals surface area contributed by atoms with E-state index in [1.807, 2.05) is 11.6 Å². The molecule has 0 fully saturated rings. The average molecular weight is 266 g/mol. The first-order valence-corrected chi connectivity index (χ1v) is 7.42. The number of aromatic nitrogens is 3. The number of hydrogen-bond donors (Lipinski definition) is 1. The first-order chi connectivity index (χ1) is 9.24. The van der Waals surface area contributed by atoms with Crippen LogP contribution in [0.5, 0.6) is 0 Å². The molecule has 1 aliphatic rings. The SMILES string of the molecule is CCC(CC)CNCC1COCc2c(C)nnn2C1. The molecule has 0 spiro atoms. The van der Waals surface area contributed by atoms with Crippen LogP contribution in [0, 0.1) is 18.8 Å². The van der Waals surface area contributed by atoms with E-state index < -0.39 is 0 Å². The molecule has 1 aromatic heterocycles. The van der Waals surface area contributed by atoms with E-state index in [1.165, 1.54) is 12.8 Å². The van der Waals surface area contributed by atoms with E-state index in [9.17, 15) is 0 Å². The fraction of sp³-hybridized carbons (Fsp3) is 0.857. The number of nitrogens with one attached hydrogen (secondary N) is 1. The van der Waals surface area contributed by atoms with Gasteiger partial charge in [0.2, 0.25) is 0 Å². The monoisotopic (exact) mass is 266 g/mol. The number of fused-ring (bicyclic) bond motifs is 1. The zero-order chi connectivity index (χ0) is 13.7. The van der Waals surface area contributed by atoms with Crippen molar-refractivity contribution in [3.63, 3.8) is 0 Å². The zero-order valence-electron chi connectivity index (χ0n) is 12.4. The molecule has 1 atom stereocenters. The molecule has 0 saturated heterocycles. The molecule has 1 N–H and O–H groups in total. The Hall–Kier alpha value is -0.940. The fourth-order valence-corrected chi connectivity index (χ4v) is 2.56. The van der Waals surface area contributed by atoms with Crippen LogP contribution in [-0.4, -0.2) is 34.7 Å². The van der Waals surface area contributed by atoms with E-state index in [4.69, 9.17) is 4.74 Å². The maximum absolute atomic E-state index is 5.74. The minimum atomic E-state index is 0.483. The lowest BCUT2D eigenvalue weighted by molar-refractivity contribution is 0.0933. The van der Waals surface area contributed by atoms with Crippen LogP contribution in [0.4, 0.5) is 0 Å². The summed E-state index contributed by atoms with van der Waals surface area (Å²) in [5, 5.41) is 11.9. The Morgan fingerprint density at radius 2 is 2.21 bits per heavy atom. The van der Waals surface area contributed by atoms with E-state index in [0.717, 1.165) is 43.5 Å². The van der Waals surface area contributed by atoms with Crippen LogP contribution in [0.15, 0.2) is 0 Å². The summed E-state index contributed by atoms with van der Waals surface area (Å²) < 4.78 is 7.75. The maximum Gasteiger partial charge on any atom is 0.0904 e. The van der Waals surface area contributed by atoms with Gasteiger partial charge in [0.25, 0.3) is 0 Å². The molecule has 5 heteroatoms. The second-order valence-electron chi connectivity index (χ2n) is 5.53. The molecular weight excluding hydrogens is 240 g/mol. The molecule has 0 bridgehead atoms. The highest BCUT2D eigenvalue weighted by atomic mass is 16.5. The number of nitrogens with zero attached hydrogens (tertiary/aromatic N) is 3. The number of hydrogen-bond acceptors (Lipinski definition) is 4. The summed E-state index contributed by atoms with van der Waals surface area (Å²) in [7, 11) is 0. The first kappa shape index (κ1) is 14.5. The highest BCUT2D eigenvalue weighted by molar-refractivity contribution is 5.07. The smallest absolute Gasteiger partial charge is 0.0904 e. The Kier molecular flexibility index (Phi) is 5.34. The van der Waals surface area contributed by atoms with Crippen molar-refractivity contribution in [2.45, 2.75) is 46.8 Å². The predicted octanol–water partition coefficient (Wildman–Crippen LogP) is 1.76. The Balaban J connectivity index is 1.82. The van der Waals surface area contributed by atoms with Crippen LogP contribution < -0.4 is 5.32 Å². The van der Waals surface area contributed by atoms with Gasteiger partial charge in [0.1, 0.15) is 0 Å². The standard InChI is InChI=1S/C14H26N4O/c1-4-12(5-2)6-15-7-13-8-18-14(10-19-9-13)11(3)16-17-18/h12-13,15H,4-10H2,1-3H3. The van der Waals surface area contributed by atoms with Gasteiger partial charge in [-0.1, -0.05) is 31.9 Å². The van der Waals surface area contributed by atoms with Crippen molar-refractivity contribution < 1.29 is 4.74 Å². The lowest BCUT2D eigenvalue weighted by Gasteiger charge is -2.18. The van der Waals surface area contributed by atoms with Gasteiger partial charge in [0.05, 0.1) is 24.6 Å². The molecule has 1 aromatic rings. The summed E-state index contributed by atoms with van der Waals surface area (Å²) in [5.41, 5.74) is 2.12. The normalized spacial score (nSPS) is 19.5. The van der Waals surface area contributed by atoms with Gasteiger partial charge in [-0.3, -0.25) is 0 Å². The quantitative estimate of drug-likeness (QED) is 0.852. The third-order valence-electron chi connectivity index (χ3n) is 4.08. The summed E-state index contributed by atoms with van der Waals surface area (Å²) in [4.78, 5) is 0. The minimum absolute atomic E-state index is 0.483. The molecule has 0 amide bonds. The largest absolute Gasteiger partial charge is 0.375 e. The Bertz CT molecular complexity index is 387. The van der Waals surface area contributed by atoms with Crippen LogP contribution in [0.1, 0.15) is 38.1 Å². The summed E-state index contributed by atoms with van der Waals surface area (Å²) in [6.07, 6.45) is 2.49. The third kappa shape index (κ3) is 3.76. The zero-order valence-corrected chi connectivity index (χ0v) is 12.4. The highest BCUT2D eigenvalue weighted by Gasteiger charge is 2.19. The summed E-state index contributed by atoms with van der Waals surface area (Å²) in [5.74, 6) is 1.27. The maximum atomic E-state index is 5.74. The van der Waals surface area contributed by atoms with E-state index in [2.05, 4.69) is 29.5 Å². The van der Waals surface area contributed by atoms with Gasteiger partial charge < -0.3 is 10.1 Å². The van der Waals surface area contributed by atoms with Crippen LogP contribution in [-0.2, 0) is 17.9 Å². The minimum Gasteiger partial charge on any atom is -0.375 e. The van der Waals surface area contributed by atoms with Gasteiger partial charge in [-0.15, -0.1) is 5.10 Å². The van der Waals surface area contributed by atoms with Gasteiger partial charge in [-0.05, 0) is 19.4 Å². The molecule has 0 saturated carbocycles. The molecule has 108 valence electrons. The fourth-order valence-electron chi connectivity index (χ4n) is 2.56. The molecule has 0 aliphatic carbocycles. The van der Waals surface area contributed by atoms with Crippen molar-refractivity contribution in [1.29, 1.82) is 0 Å². The van der Waals surface area contributed by atoms with E-state index >= 15 is 0 Å². The Morgan fingerprint density at radius 1 is 1.42 bits per heavy atom. The Morgan fingerprint density at radius 3 is 2.95 bits per heavy atom. The second kappa shape index (κ2) is 7.01. The van der Waals surface area contributed by atoms with E-state index in [0.29, 0.717) is 12.5 Å². The van der Waals surface area contributed by atoms with Gasteiger partial charge in [-0.25, -0.2) is 4.68 Å². The summed E-state index contributed by atoms with van der Waals surface area (Å²) in [6.45, 7) is 11.0. The molecule has 0 aromatic carbocycles. The van der Waals surface area contributed by atoms with Gasteiger partial charge >= 0.3 is 0 Å². The Labute approximate surface area is 115 Å². The molecule has 5 nitrogen and oxygen atoms in total. The van der Waals surface area contributed by atoms with Crippen molar-refractivity contribution in [2.75, 3.05) is 19.7 Å². The summed E-state index contributed by atoms with van der Waals surface area (Å²) >= 11 is 0. The first-order valence-electron chi connectivity index (χ1n) is 7.42. The van der Waals surface area contributed by atoms with Crippen molar-refractivity contribution >= 4 is 0 Å².